The molecule has 1 unspecified atom stereocenters. The largest absolute Gasteiger partial charge is 0.508 e. The number of nitrogens with one attached hydrogen (secondary N) is 1. The molecule has 3 nitrogen and oxygen atoms in total. The summed E-state index contributed by atoms with van der Waals surface area (Å²) in [5.74, 6) is 0.218. The van der Waals surface area contributed by atoms with Gasteiger partial charge in [0.15, 0.2) is 0 Å². The van der Waals surface area contributed by atoms with Gasteiger partial charge in [0.2, 0.25) is 0 Å². The number of hydrogen-bond acceptors (Lipinski definition) is 3. The van der Waals surface area contributed by atoms with Crippen LogP contribution in [0.5, 0.6) is 5.75 Å². The Bertz CT molecular complexity index is 238. The number of aromatic hydroxyl groups is 1. The summed E-state index contributed by atoms with van der Waals surface area (Å²) in [5.41, 5.74) is 0.808. The average molecular weight is 207 g/mol. The van der Waals surface area contributed by atoms with Crippen molar-refractivity contribution in [3.63, 3.8) is 0 Å². The molecule has 1 aromatic carbocycles. The van der Waals surface area contributed by atoms with Crippen molar-refractivity contribution in [1.82, 2.24) is 5.32 Å². The van der Waals surface area contributed by atoms with Gasteiger partial charge < -0.3 is 15.5 Å². The van der Waals surface area contributed by atoms with Crippen molar-refractivity contribution < 1.29 is 10.2 Å². The molecule has 0 aliphatic heterocycles. The minimum absolute atomic E-state index is 0. The molecule has 0 spiro atoms. The minimum atomic E-state index is -0.504. The van der Waals surface area contributed by atoms with Gasteiger partial charge in [-0.1, -0.05) is 12.1 Å². The second kappa shape index (κ2) is 5.80. The van der Waals surface area contributed by atoms with Gasteiger partial charge in [-0.2, -0.15) is 0 Å². The molecule has 0 aromatic heterocycles. The lowest BCUT2D eigenvalue weighted by Crippen LogP contribution is -2.16. The van der Waals surface area contributed by atoms with Crippen molar-refractivity contribution >= 4 is 12.4 Å². The smallest absolute Gasteiger partial charge is 0.115 e. The minimum Gasteiger partial charge on any atom is -0.508 e. The van der Waals surface area contributed by atoms with Crippen LogP contribution >= 0.6 is 12.4 Å². The summed E-state index contributed by atoms with van der Waals surface area (Å²) in [4.78, 5) is 0. The number of benzene rings is 1. The quantitative estimate of drug-likeness (QED) is 0.512. The number of phenols is 1. The third kappa shape index (κ3) is 3.63. The van der Waals surface area contributed by atoms with E-state index in [4.69, 9.17) is 5.11 Å². The van der Waals surface area contributed by atoms with Crippen LogP contribution in [0, 0.1) is 0 Å². The average Bonchev–Trinajstić information content (AvgIpc) is 2.06. The Hall–Kier alpha value is -0.770. The van der Waals surface area contributed by atoms with Gasteiger partial charge >= 0.3 is 0 Å². The van der Waals surface area contributed by atoms with Crippen molar-refractivity contribution in [1.29, 1.82) is 0 Å². The normalized spacial score (nSPS) is 11.8. The van der Waals surface area contributed by atoms with Crippen LogP contribution < -0.4 is 5.32 Å². The fraction of sp³-hybridized carbons (Fsp3) is 0.333. The van der Waals surface area contributed by atoms with Crippen LogP contribution in [0.2, 0.25) is 0 Å². The molecule has 74 valence electrons. The second-order valence-electron chi connectivity index (χ2n) is 2.67. The van der Waals surface area contributed by atoms with Crippen LogP contribution in [-0.4, -0.2) is 23.8 Å². The predicted molar refractivity (Wildman–Crippen MR) is 54.2 cm³/mol. The number of likely N-dealkylation sites (N-methyl/N-ethyl adjacent to an activating group) is 1. The van der Waals surface area contributed by atoms with Gasteiger partial charge in [-0.25, -0.2) is 0 Å². The topological polar surface area (TPSA) is 52.5 Å². The summed E-state index contributed by atoms with van der Waals surface area (Å²) in [6, 6.07) is 6.54. The highest BCUT2D eigenvalue weighted by atomic mass is 35.5. The van der Waals surface area contributed by atoms with Crippen LogP contribution in [-0.2, 0) is 0 Å². The van der Waals surface area contributed by atoms with Gasteiger partial charge in [-0.05, 0) is 24.7 Å². The third-order valence-electron chi connectivity index (χ3n) is 1.68. The van der Waals surface area contributed by atoms with E-state index in [-0.39, 0.29) is 18.2 Å². The predicted octanol–water partition coefficient (Wildman–Crippen LogP) is 1.07. The van der Waals surface area contributed by atoms with E-state index in [2.05, 4.69) is 5.32 Å². The van der Waals surface area contributed by atoms with Crippen molar-refractivity contribution in [2.45, 2.75) is 6.10 Å². The summed E-state index contributed by atoms with van der Waals surface area (Å²) >= 11 is 0. The molecule has 0 aliphatic rings. The van der Waals surface area contributed by atoms with Gasteiger partial charge in [0.1, 0.15) is 5.75 Å². The van der Waals surface area contributed by atoms with E-state index in [0.717, 1.165) is 5.56 Å². The highest BCUT2D eigenvalue weighted by molar-refractivity contribution is 5.85. The Balaban J connectivity index is 0.00000144. The third-order valence-corrected chi connectivity index (χ3v) is 1.68. The van der Waals surface area contributed by atoms with Crippen LogP contribution in [0.15, 0.2) is 24.3 Å². The standard InChI is InChI=1S/C9H13NO2.ClH/c1-10-6-9(12)7-2-4-8(11)5-3-7;/h2-5,9-12H,6H2,1H3;1H/i6+1,9+1,10+1;. The first kappa shape index (κ1) is 12.2. The number of halogens is 1. The molecule has 0 radical (unpaired) electrons. The lowest BCUT2D eigenvalue weighted by Gasteiger charge is -2.09. The van der Waals surface area contributed by atoms with Gasteiger partial charge in [-0.3, -0.25) is 0 Å². The number of aliphatic hydroxyl groups is 1. The first-order valence-corrected chi connectivity index (χ1v) is 3.85. The van der Waals surface area contributed by atoms with Gasteiger partial charge in [-0.15, -0.1) is 12.4 Å². The zero-order valence-electron chi connectivity index (χ0n) is 7.40. The Labute approximate surface area is 83.8 Å². The zero-order chi connectivity index (χ0) is 8.97. The van der Waals surface area contributed by atoms with E-state index >= 15 is 0 Å². The maximum Gasteiger partial charge on any atom is 0.115 e. The molecule has 0 amide bonds. The Morgan fingerprint density at radius 1 is 1.31 bits per heavy atom. The van der Waals surface area contributed by atoms with Crippen LogP contribution in [0.25, 0.3) is 0 Å². The van der Waals surface area contributed by atoms with Gasteiger partial charge in [0.25, 0.3) is 0 Å². The molecular weight excluding hydrogens is 193 g/mol. The summed E-state index contributed by atoms with van der Waals surface area (Å²) in [5, 5.41) is 21.3. The molecule has 3 N–H and O–H groups in total. The van der Waals surface area contributed by atoms with Crippen molar-refractivity contribution in [2.24, 2.45) is 0 Å². The van der Waals surface area contributed by atoms with E-state index in [1.807, 2.05) is 0 Å². The van der Waals surface area contributed by atoms with E-state index in [9.17, 15) is 5.11 Å². The Morgan fingerprint density at radius 2 is 1.85 bits per heavy atom. The van der Waals surface area contributed by atoms with Gasteiger partial charge in [0.05, 0.1) is 6.10 Å². The summed E-state index contributed by atoms with van der Waals surface area (Å²) in [7, 11) is 1.78. The number of aliphatic hydroxyl groups excluding tert-OH is 1. The molecular formula is C9H14ClNO2. The number of phenolic OH excluding ortho intramolecular Hbond substituents is 1. The van der Waals surface area contributed by atoms with E-state index < -0.39 is 6.10 Å². The zero-order valence-corrected chi connectivity index (χ0v) is 8.21. The van der Waals surface area contributed by atoms with E-state index in [1.54, 1.807) is 31.3 Å². The van der Waals surface area contributed by atoms with E-state index in [1.165, 1.54) is 0 Å². The molecule has 1 atom stereocenters. The monoisotopic (exact) mass is 206 g/mol. The summed E-state index contributed by atoms with van der Waals surface area (Å²) in [6.45, 7) is 0.519. The second-order valence-corrected chi connectivity index (χ2v) is 2.67. The fourth-order valence-electron chi connectivity index (χ4n) is 1.01. The Kier molecular flexibility index (Phi) is 5.46. The molecule has 1 aromatic rings. The van der Waals surface area contributed by atoms with Crippen molar-refractivity contribution in [3.8, 4) is 5.75 Å². The lowest BCUT2D eigenvalue weighted by atomic mass is 10.3. The number of hydrogen-bond donors (Lipinski definition) is 3. The lowest BCUT2D eigenvalue weighted by molar-refractivity contribution is 0.177. The number of rotatable bonds is 3. The molecule has 0 bridgehead atoms. The van der Waals surface area contributed by atoms with Gasteiger partial charge in [0, 0.05) is 6.54 Å². The SMILES string of the molecule is C[15NH][13CH2][13CH](O)c1ccc(O)cc1.Cl. The highest BCUT2D eigenvalue weighted by Crippen LogP contribution is 2.15. The van der Waals surface area contributed by atoms with Crippen LogP contribution in [0.4, 0.5) is 0 Å². The summed E-state index contributed by atoms with van der Waals surface area (Å²) < 4.78 is 0. The fourth-order valence-corrected chi connectivity index (χ4v) is 1.01. The molecule has 0 saturated heterocycles. The molecule has 0 fully saturated rings. The highest BCUT2D eigenvalue weighted by Gasteiger charge is 2.04. The molecule has 0 heterocycles. The Morgan fingerprint density at radius 3 is 2.31 bits per heavy atom. The molecule has 1 rings (SSSR count). The van der Waals surface area contributed by atoms with Crippen LogP contribution in [0.3, 0.4) is 0 Å². The van der Waals surface area contributed by atoms with Crippen molar-refractivity contribution in [2.75, 3.05) is 13.6 Å². The van der Waals surface area contributed by atoms with E-state index in [0.29, 0.717) is 6.54 Å². The summed E-state index contributed by atoms with van der Waals surface area (Å²) in [6.07, 6.45) is -0.504. The molecule has 13 heavy (non-hydrogen) atoms. The molecule has 0 saturated carbocycles. The maximum atomic E-state index is 9.47. The first-order chi connectivity index (χ1) is 5.74. The molecule has 0 aliphatic carbocycles. The van der Waals surface area contributed by atoms with Crippen molar-refractivity contribution in [3.05, 3.63) is 29.8 Å². The van der Waals surface area contributed by atoms with Crippen LogP contribution in [0.1, 0.15) is 11.7 Å². The maximum absolute atomic E-state index is 9.47. The molecule has 4 heteroatoms. The first-order valence-electron chi connectivity index (χ1n) is 3.85.